The van der Waals surface area contributed by atoms with Gasteiger partial charge in [-0.05, 0) is 79.3 Å². The van der Waals surface area contributed by atoms with Crippen molar-refractivity contribution < 1.29 is 14.3 Å². The number of aromatic nitrogens is 2. The quantitative estimate of drug-likeness (QED) is 0.314. The Morgan fingerprint density at radius 1 is 1.08 bits per heavy atom. The van der Waals surface area contributed by atoms with Gasteiger partial charge in [0.1, 0.15) is 18.4 Å². The van der Waals surface area contributed by atoms with Crippen molar-refractivity contribution in [2.75, 3.05) is 31.0 Å². The lowest BCUT2D eigenvalue weighted by Gasteiger charge is -2.29. The molecule has 5 rings (SSSR count). The molecule has 2 N–H and O–H groups in total. The zero-order valence-corrected chi connectivity index (χ0v) is 22.2. The highest BCUT2D eigenvalue weighted by Gasteiger charge is 2.42. The van der Waals surface area contributed by atoms with Crippen molar-refractivity contribution in [2.24, 2.45) is 0 Å². The summed E-state index contributed by atoms with van der Waals surface area (Å²) < 4.78 is 12.8. The van der Waals surface area contributed by atoms with E-state index in [0.717, 1.165) is 39.8 Å². The molecule has 0 unspecified atom stereocenters. The molecule has 1 saturated heterocycles. The average Bonchev–Trinajstić information content (AvgIpc) is 3.54. The van der Waals surface area contributed by atoms with Gasteiger partial charge >= 0.3 is 0 Å². The van der Waals surface area contributed by atoms with Gasteiger partial charge in [-0.15, -0.1) is 0 Å². The van der Waals surface area contributed by atoms with Crippen molar-refractivity contribution in [1.82, 2.24) is 14.9 Å². The predicted molar refractivity (Wildman–Crippen MR) is 152 cm³/mol. The third-order valence-electron chi connectivity index (χ3n) is 6.56. The number of amides is 1. The van der Waals surface area contributed by atoms with Gasteiger partial charge in [0.15, 0.2) is 5.11 Å². The molecule has 0 saturated carbocycles. The number of hydrogen-bond acceptors (Lipinski definition) is 5. The van der Waals surface area contributed by atoms with Crippen molar-refractivity contribution in [1.29, 1.82) is 0 Å². The Labute approximate surface area is 227 Å². The first kappa shape index (κ1) is 25.4. The number of hydrogen-bond donors (Lipinski definition) is 2. The van der Waals surface area contributed by atoms with E-state index in [1.165, 1.54) is 7.11 Å². The second-order valence-electron chi connectivity index (χ2n) is 8.95. The Hall–Kier alpha value is -4.21. The van der Waals surface area contributed by atoms with Gasteiger partial charge in [0.05, 0.1) is 24.5 Å². The smallest absolute Gasteiger partial charge is 0.250 e. The van der Waals surface area contributed by atoms with Gasteiger partial charge in [0.2, 0.25) is 5.91 Å². The summed E-state index contributed by atoms with van der Waals surface area (Å²) in [6, 6.07) is 23.4. The Balaban J connectivity index is 1.60. The highest BCUT2D eigenvalue weighted by molar-refractivity contribution is 7.80. The van der Waals surface area contributed by atoms with Crippen LogP contribution in [0, 0.1) is 6.92 Å². The van der Waals surface area contributed by atoms with Crippen LogP contribution in [0.2, 0.25) is 0 Å². The van der Waals surface area contributed by atoms with E-state index in [2.05, 4.69) is 31.2 Å². The van der Waals surface area contributed by atoms with Gasteiger partial charge in [-0.3, -0.25) is 9.78 Å². The van der Waals surface area contributed by atoms with Crippen LogP contribution in [0.4, 0.5) is 11.4 Å². The molecule has 1 aliphatic rings. The van der Waals surface area contributed by atoms with E-state index in [1.54, 1.807) is 13.3 Å². The highest BCUT2D eigenvalue weighted by Crippen LogP contribution is 2.43. The molecule has 38 heavy (non-hydrogen) atoms. The van der Waals surface area contributed by atoms with Gasteiger partial charge in [-0.25, -0.2) is 0 Å². The minimum absolute atomic E-state index is 0.00487. The summed E-state index contributed by atoms with van der Waals surface area (Å²) in [7, 11) is 3.17. The Morgan fingerprint density at radius 3 is 2.63 bits per heavy atom. The van der Waals surface area contributed by atoms with Gasteiger partial charge in [-0.1, -0.05) is 18.2 Å². The summed E-state index contributed by atoms with van der Waals surface area (Å²) in [4.78, 5) is 18.9. The standard InChI is InChI=1S/C29H29N5O3S/c1-19-17-20(13-14-21(19)31-26(35)18-36-2)34-28(27(32-29(34)38)22-9-6-7-15-30-22)24-11-8-16-33(24)23-10-4-5-12-25(23)37-3/h4-17,27-28H,18H2,1-3H3,(H,31,35)(H,32,38)/t27-,28-/m0/s1. The minimum atomic E-state index is -0.217. The number of benzene rings is 2. The van der Waals surface area contributed by atoms with Crippen LogP contribution < -0.4 is 20.3 Å². The number of nitrogens with one attached hydrogen (secondary N) is 2. The third kappa shape index (κ3) is 4.85. The molecule has 8 nitrogen and oxygen atoms in total. The molecule has 0 aliphatic carbocycles. The van der Waals surface area contributed by atoms with Crippen LogP contribution in [-0.4, -0.2) is 41.4 Å². The third-order valence-corrected chi connectivity index (χ3v) is 6.88. The predicted octanol–water partition coefficient (Wildman–Crippen LogP) is 4.95. The van der Waals surface area contributed by atoms with Crippen LogP contribution in [0.1, 0.15) is 29.0 Å². The first-order valence-corrected chi connectivity index (χ1v) is 12.6. The van der Waals surface area contributed by atoms with Crippen LogP contribution in [0.25, 0.3) is 5.69 Å². The fraction of sp³-hybridized carbons (Fsp3) is 0.207. The first-order valence-electron chi connectivity index (χ1n) is 12.2. The molecule has 3 heterocycles. The lowest BCUT2D eigenvalue weighted by molar-refractivity contribution is -0.119. The number of carbonyl (C=O) groups is 1. The number of anilines is 2. The maximum absolute atomic E-state index is 12.1. The van der Waals surface area contributed by atoms with Gasteiger partial charge in [-0.2, -0.15) is 0 Å². The maximum atomic E-state index is 12.1. The highest BCUT2D eigenvalue weighted by atomic mass is 32.1. The number of carbonyl (C=O) groups excluding carboxylic acids is 1. The number of para-hydroxylation sites is 2. The van der Waals surface area contributed by atoms with E-state index in [0.29, 0.717) is 5.11 Å². The average molecular weight is 528 g/mol. The first-order chi connectivity index (χ1) is 18.5. The van der Waals surface area contributed by atoms with E-state index in [1.807, 2.05) is 79.9 Å². The van der Waals surface area contributed by atoms with Crippen LogP contribution in [0.3, 0.4) is 0 Å². The molecule has 2 aromatic carbocycles. The maximum Gasteiger partial charge on any atom is 0.250 e. The molecule has 4 aromatic rings. The number of thiocarbonyl (C=S) groups is 1. The van der Waals surface area contributed by atoms with Crippen molar-refractivity contribution in [3.63, 3.8) is 0 Å². The number of rotatable bonds is 8. The van der Waals surface area contributed by atoms with Crippen LogP contribution >= 0.6 is 12.2 Å². The van der Waals surface area contributed by atoms with E-state index in [9.17, 15) is 4.79 Å². The van der Waals surface area contributed by atoms with Gasteiger partial charge < -0.3 is 29.6 Å². The zero-order chi connectivity index (χ0) is 26.6. The normalized spacial score (nSPS) is 16.8. The Kier molecular flexibility index (Phi) is 7.39. The molecule has 1 aliphatic heterocycles. The molecular weight excluding hydrogens is 498 g/mol. The summed E-state index contributed by atoms with van der Waals surface area (Å²) in [5.41, 5.74) is 5.38. The largest absolute Gasteiger partial charge is 0.495 e. The molecule has 2 atom stereocenters. The van der Waals surface area contributed by atoms with Crippen LogP contribution in [-0.2, 0) is 9.53 Å². The van der Waals surface area contributed by atoms with Crippen molar-refractivity contribution >= 4 is 34.6 Å². The fourth-order valence-corrected chi connectivity index (χ4v) is 5.22. The molecule has 194 valence electrons. The summed E-state index contributed by atoms with van der Waals surface area (Å²) in [5.74, 6) is 0.566. The summed E-state index contributed by atoms with van der Waals surface area (Å²) >= 11 is 5.91. The summed E-state index contributed by atoms with van der Waals surface area (Å²) in [5, 5.41) is 7.00. The lowest BCUT2D eigenvalue weighted by Crippen LogP contribution is -2.30. The molecule has 9 heteroatoms. The summed E-state index contributed by atoms with van der Waals surface area (Å²) in [6.45, 7) is 1.95. The number of ether oxygens (including phenoxy) is 2. The van der Waals surface area contributed by atoms with Crippen molar-refractivity contribution in [2.45, 2.75) is 19.0 Å². The monoisotopic (exact) mass is 527 g/mol. The van der Waals surface area contributed by atoms with Gasteiger partial charge in [0.25, 0.3) is 0 Å². The number of aryl methyl sites for hydroxylation is 1. The Bertz CT molecular complexity index is 1460. The molecular formula is C29H29N5O3S. The van der Waals surface area contributed by atoms with Crippen LogP contribution in [0.5, 0.6) is 5.75 Å². The van der Waals surface area contributed by atoms with E-state index in [-0.39, 0.29) is 24.6 Å². The second-order valence-corrected chi connectivity index (χ2v) is 9.34. The Morgan fingerprint density at radius 2 is 1.89 bits per heavy atom. The SMILES string of the molecule is COCC(=O)Nc1ccc(N2C(=S)N[C@@H](c3ccccn3)[C@@H]2c2cccn2-c2ccccc2OC)cc1C. The molecule has 1 fully saturated rings. The fourth-order valence-electron chi connectivity index (χ4n) is 4.87. The lowest BCUT2D eigenvalue weighted by atomic mass is 10.00. The van der Waals surface area contributed by atoms with Crippen LogP contribution in [0.15, 0.2) is 85.2 Å². The molecule has 0 radical (unpaired) electrons. The van der Waals surface area contributed by atoms with E-state index >= 15 is 0 Å². The van der Waals surface area contributed by atoms with E-state index in [4.69, 9.17) is 21.7 Å². The minimum Gasteiger partial charge on any atom is -0.495 e. The molecule has 0 spiro atoms. The molecule has 1 amide bonds. The molecule has 2 aromatic heterocycles. The molecule has 0 bridgehead atoms. The second kappa shape index (κ2) is 11.0. The number of pyridine rings is 1. The van der Waals surface area contributed by atoms with Crippen molar-refractivity contribution in [3.8, 4) is 11.4 Å². The summed E-state index contributed by atoms with van der Waals surface area (Å²) in [6.07, 6.45) is 3.82. The number of nitrogens with zero attached hydrogens (tertiary/aromatic N) is 3. The van der Waals surface area contributed by atoms with E-state index < -0.39 is 0 Å². The number of methoxy groups -OCH3 is 2. The topological polar surface area (TPSA) is 80.7 Å². The zero-order valence-electron chi connectivity index (χ0n) is 21.4. The van der Waals surface area contributed by atoms with Crippen molar-refractivity contribution in [3.05, 3.63) is 102 Å². The van der Waals surface area contributed by atoms with Gasteiger partial charge in [0, 0.05) is 36.6 Å².